The Balaban J connectivity index is 0.940. The molecule has 6 N–H and O–H groups in total. The highest BCUT2D eigenvalue weighted by Crippen LogP contribution is 2.49. The normalized spacial score (nSPS) is 21.7. The standard InChI is InChI=1S/C72H92N10O10/c1-39(2)61(73)69(85)91-37-79-57-33-47(27-29-53(57)75-65(79)59-35-49-15-11-13-17-55(49)81(59)67(83)63(41(5)6)77-71(87)89-9)51-31-43-19-23-45(51)25-21-44-20-24-46(26-22-43)52(32-44)48-28-30-54-58(34-48)80(38-92-70(86)62(74)40(3)4)66(76-54)60-36-50-16-12-14-18-56(50)82(60)68(84)64(42(7)8)78-72(88)90-10/h19-20,23-24,27-34,39-40,42,49-50,55-56,59-64H,5,11-18,21-22,25-26,35-38,73-74H2,1-4,6-10H3,(H,77,87)(H,78,88)/t49-,50-,55-,56-,59?,60?,61-,62-,63-,64-/m0/s1. The summed E-state index contributed by atoms with van der Waals surface area (Å²) in [5.74, 6) is -0.432. The Hall–Kier alpha value is -8.10. The highest BCUT2D eigenvalue weighted by molar-refractivity contribution is 5.91. The molecule has 14 rings (SSSR count). The van der Waals surface area contributed by atoms with Crippen LogP contribution in [0.1, 0.15) is 159 Å². The molecule has 4 bridgehead atoms. The van der Waals surface area contributed by atoms with Crippen LogP contribution >= 0.6 is 0 Å². The lowest BCUT2D eigenvalue weighted by atomic mass is 9.84. The lowest BCUT2D eigenvalue weighted by Crippen LogP contribution is -2.54. The van der Waals surface area contributed by atoms with Crippen molar-refractivity contribution in [3.8, 4) is 22.3 Å². The molecule has 0 spiro atoms. The molecule has 2 aromatic heterocycles. The van der Waals surface area contributed by atoms with Gasteiger partial charge in [-0.2, -0.15) is 0 Å². The number of carbonyl (C=O) groups excluding carboxylic acids is 6. The Morgan fingerprint density at radius 2 is 1.00 bits per heavy atom. The number of imidazole rings is 2. The minimum Gasteiger partial charge on any atom is -0.453 e. The third kappa shape index (κ3) is 13.1. The maximum Gasteiger partial charge on any atom is 0.407 e. The molecular weight excluding hydrogens is 1160 g/mol. The predicted octanol–water partition coefficient (Wildman–Crippen LogP) is 10.9. The quantitative estimate of drug-likeness (QED) is 0.0355. The van der Waals surface area contributed by atoms with Gasteiger partial charge in [0.1, 0.15) is 35.8 Å². The number of nitrogens with zero attached hydrogens (tertiary/aromatic N) is 6. The number of fused-ring (bicyclic) bond motifs is 4. The number of nitrogens with two attached hydrogens (primary N) is 2. The van der Waals surface area contributed by atoms with E-state index in [4.69, 9.17) is 40.4 Å². The molecular formula is C72H92N10O10. The van der Waals surface area contributed by atoms with E-state index in [-0.39, 0.29) is 66.9 Å². The average molecular weight is 1260 g/mol. The average Bonchev–Trinajstić information content (AvgIpc) is 1.64. The number of likely N-dealkylation sites (tertiary alicyclic amines) is 2. The fraction of sp³-hybridized carbons (Fsp3) is 0.528. The molecule has 20 nitrogen and oxygen atoms in total. The molecule has 8 aliphatic rings. The molecule has 2 unspecified atom stereocenters. The molecule has 6 aliphatic carbocycles. The molecule has 10 atom stereocenters. The second kappa shape index (κ2) is 27.6. The molecule has 20 heteroatoms. The van der Waals surface area contributed by atoms with Crippen LogP contribution < -0.4 is 22.1 Å². The Morgan fingerprint density at radius 1 is 0.565 bits per heavy atom. The number of hydrogen-bond acceptors (Lipinski definition) is 14. The van der Waals surface area contributed by atoms with Gasteiger partial charge in [-0.3, -0.25) is 28.3 Å². The summed E-state index contributed by atoms with van der Waals surface area (Å²) in [4.78, 5) is 97.1. The molecule has 490 valence electrons. The molecule has 4 amide bonds. The third-order valence-corrected chi connectivity index (χ3v) is 20.4. The van der Waals surface area contributed by atoms with E-state index >= 15 is 4.79 Å². The number of aryl methyl sites for hydroxylation is 4. The summed E-state index contributed by atoms with van der Waals surface area (Å²) in [7, 11) is 2.56. The van der Waals surface area contributed by atoms with Gasteiger partial charge in [0.15, 0.2) is 13.5 Å². The van der Waals surface area contributed by atoms with Crippen LogP contribution in [0, 0.1) is 29.6 Å². The lowest BCUT2D eigenvalue weighted by molar-refractivity contribution is -0.151. The number of aromatic nitrogens is 4. The zero-order valence-corrected chi connectivity index (χ0v) is 54.9. The second-order valence-corrected chi connectivity index (χ2v) is 27.4. The number of carbonyl (C=O) groups is 6. The van der Waals surface area contributed by atoms with Crippen LogP contribution in [0.25, 0.3) is 44.3 Å². The highest BCUT2D eigenvalue weighted by Gasteiger charge is 2.51. The first kappa shape index (κ1) is 65.4. The molecule has 0 radical (unpaired) electrons. The number of rotatable bonds is 18. The van der Waals surface area contributed by atoms with Gasteiger partial charge in [-0.25, -0.2) is 19.6 Å². The van der Waals surface area contributed by atoms with Crippen LogP contribution in [0.2, 0.25) is 0 Å². The van der Waals surface area contributed by atoms with Crippen LogP contribution in [-0.4, -0.2) is 115 Å². The predicted molar refractivity (Wildman–Crippen MR) is 351 cm³/mol. The van der Waals surface area contributed by atoms with E-state index in [9.17, 15) is 24.0 Å². The molecule has 92 heavy (non-hydrogen) atoms. The fourth-order valence-corrected chi connectivity index (χ4v) is 15.1. The smallest absolute Gasteiger partial charge is 0.407 e. The van der Waals surface area contributed by atoms with E-state index in [2.05, 4.69) is 77.9 Å². The van der Waals surface area contributed by atoms with E-state index in [1.807, 2.05) is 72.6 Å². The number of alkyl carbamates (subject to hydrolysis) is 2. The van der Waals surface area contributed by atoms with Crippen molar-refractivity contribution in [1.82, 2.24) is 39.5 Å². The number of hydrogen-bond donors (Lipinski definition) is 4. The first-order valence-corrected chi connectivity index (χ1v) is 33.2. The van der Waals surface area contributed by atoms with Gasteiger partial charge in [0.25, 0.3) is 0 Å². The van der Waals surface area contributed by atoms with Crippen molar-refractivity contribution in [3.63, 3.8) is 0 Å². The first-order chi connectivity index (χ1) is 44.1. The number of ether oxygens (including phenoxy) is 4. The topological polar surface area (TPSA) is 258 Å². The van der Waals surface area contributed by atoms with Gasteiger partial charge in [0.2, 0.25) is 11.8 Å². The minimum atomic E-state index is -1.02. The van der Waals surface area contributed by atoms with Crippen molar-refractivity contribution in [2.45, 2.75) is 200 Å². The number of methoxy groups -OCH3 is 2. The SMILES string of the molecule is C=C(C)[C@H](NC(=O)OC)C(=O)N1C(c2nc3ccc(-c4cc5ccc4CCc4ccc(c(-c6ccc7nc(C8C[C@@H]9CCCC[C@@H]9N8C(=O)[C@@H](NC(=O)OC)C(C)C)n(COC(=O)[C@@H](N)C(C)C)c7c6)c4)CC5)cc3n2COC(=O)[C@@H](N)C(C)C)C[C@@H]2CCCC[C@@H]21. The number of amides is 4. The number of nitrogens with one attached hydrogen (secondary N) is 2. The van der Waals surface area contributed by atoms with E-state index in [0.29, 0.717) is 41.1 Å². The Morgan fingerprint density at radius 3 is 1.42 bits per heavy atom. The van der Waals surface area contributed by atoms with Crippen LogP contribution in [-0.2, 0) is 77.3 Å². The van der Waals surface area contributed by atoms with Gasteiger partial charge in [-0.1, -0.05) is 122 Å². The maximum atomic E-state index is 15.0. The van der Waals surface area contributed by atoms with Crippen molar-refractivity contribution < 1.29 is 47.7 Å². The van der Waals surface area contributed by atoms with Gasteiger partial charge in [-0.05, 0) is 175 Å². The van der Waals surface area contributed by atoms with Crippen molar-refractivity contribution in [1.29, 1.82) is 0 Å². The summed E-state index contributed by atoms with van der Waals surface area (Å²) in [6, 6.07) is 21.4. The summed E-state index contributed by atoms with van der Waals surface area (Å²) in [5.41, 5.74) is 24.9. The van der Waals surface area contributed by atoms with Crippen LogP contribution in [0.4, 0.5) is 9.59 Å². The maximum absolute atomic E-state index is 15.0. The minimum absolute atomic E-state index is 0.0508. The summed E-state index contributed by atoms with van der Waals surface area (Å²) in [6.45, 7) is 16.9. The van der Waals surface area contributed by atoms with Crippen molar-refractivity contribution in [2.75, 3.05) is 14.2 Å². The number of esters is 2. The van der Waals surface area contributed by atoms with E-state index < -0.39 is 60.4 Å². The van der Waals surface area contributed by atoms with Crippen LogP contribution in [0.5, 0.6) is 0 Å². The van der Waals surface area contributed by atoms with Gasteiger partial charge < -0.3 is 50.8 Å². The number of benzene rings is 4. The molecule has 6 aromatic rings. The van der Waals surface area contributed by atoms with E-state index in [1.54, 1.807) is 6.92 Å². The largest absolute Gasteiger partial charge is 0.453 e. The van der Waals surface area contributed by atoms with Crippen LogP contribution in [0.15, 0.2) is 84.9 Å². The zero-order valence-electron chi connectivity index (χ0n) is 54.9. The Bertz CT molecular complexity index is 3790. The zero-order chi connectivity index (χ0) is 65.4. The first-order valence-electron chi connectivity index (χ1n) is 33.2. The van der Waals surface area contributed by atoms with E-state index in [0.717, 1.165) is 133 Å². The fourth-order valence-electron chi connectivity index (χ4n) is 15.1. The van der Waals surface area contributed by atoms with Crippen molar-refractivity contribution in [3.05, 3.63) is 119 Å². The van der Waals surface area contributed by atoms with Gasteiger partial charge in [0.05, 0.1) is 48.4 Å². The third-order valence-electron chi connectivity index (χ3n) is 20.4. The second-order valence-electron chi connectivity index (χ2n) is 27.4. The van der Waals surface area contributed by atoms with Crippen molar-refractivity contribution in [2.24, 2.45) is 41.1 Å². The Kier molecular flexibility index (Phi) is 19.6. The molecule has 4 heterocycles. The monoisotopic (exact) mass is 1260 g/mol. The summed E-state index contributed by atoms with van der Waals surface area (Å²) >= 11 is 0. The van der Waals surface area contributed by atoms with E-state index in [1.165, 1.54) is 14.2 Å². The summed E-state index contributed by atoms with van der Waals surface area (Å²) in [5, 5.41) is 5.57. The van der Waals surface area contributed by atoms with Gasteiger partial charge in [0, 0.05) is 12.1 Å². The molecule has 4 aromatic carbocycles. The summed E-state index contributed by atoms with van der Waals surface area (Å²) in [6.07, 6.45) is 10.5. The molecule has 4 fully saturated rings. The summed E-state index contributed by atoms with van der Waals surface area (Å²) < 4.78 is 26.0. The van der Waals surface area contributed by atoms with Gasteiger partial charge >= 0.3 is 24.1 Å². The molecule has 2 saturated carbocycles. The molecule has 2 saturated heterocycles. The molecule has 2 aliphatic heterocycles. The Labute approximate surface area is 539 Å². The van der Waals surface area contributed by atoms with Crippen LogP contribution in [0.3, 0.4) is 0 Å². The van der Waals surface area contributed by atoms with Crippen molar-refractivity contribution >= 4 is 58.0 Å². The lowest BCUT2D eigenvalue weighted by Gasteiger charge is -2.37. The van der Waals surface area contributed by atoms with Gasteiger partial charge in [-0.15, -0.1) is 0 Å². The highest BCUT2D eigenvalue weighted by atomic mass is 16.6.